The molecule has 0 radical (unpaired) electrons. The third-order valence-electron chi connectivity index (χ3n) is 6.91. The molecular formula is C19H26O3. The van der Waals surface area contributed by atoms with Crippen LogP contribution in [0.25, 0.3) is 0 Å². The van der Waals surface area contributed by atoms with Crippen molar-refractivity contribution >= 4 is 0 Å². The van der Waals surface area contributed by atoms with Crippen LogP contribution in [0.4, 0.5) is 0 Å². The molecule has 2 fully saturated rings. The Morgan fingerprint density at radius 2 is 2.05 bits per heavy atom. The highest BCUT2D eigenvalue weighted by Crippen LogP contribution is 2.60. The highest BCUT2D eigenvalue weighted by Gasteiger charge is 2.57. The summed E-state index contributed by atoms with van der Waals surface area (Å²) >= 11 is 0. The summed E-state index contributed by atoms with van der Waals surface area (Å²) in [6.07, 6.45) is 4.09. The largest absolute Gasteiger partial charge is 0.497 e. The van der Waals surface area contributed by atoms with Crippen LogP contribution in [0, 0.1) is 17.3 Å². The molecule has 3 aliphatic carbocycles. The van der Waals surface area contributed by atoms with Crippen molar-refractivity contribution in [1.29, 1.82) is 0 Å². The average molecular weight is 302 g/mol. The smallest absolute Gasteiger partial charge is 0.119 e. The SMILES string of the molecule is COc1ccc2c(c1)CC[C@@H]1[C@@H]2CC[C@]2(C)C(O)C(O)C[C@@H]12. The molecule has 22 heavy (non-hydrogen) atoms. The summed E-state index contributed by atoms with van der Waals surface area (Å²) in [5.74, 6) is 2.59. The minimum absolute atomic E-state index is 0.0927. The minimum atomic E-state index is -0.546. The lowest BCUT2D eigenvalue weighted by Crippen LogP contribution is -2.44. The van der Waals surface area contributed by atoms with Gasteiger partial charge in [-0.3, -0.25) is 0 Å². The third-order valence-corrected chi connectivity index (χ3v) is 6.91. The van der Waals surface area contributed by atoms with Gasteiger partial charge in [0.25, 0.3) is 0 Å². The third kappa shape index (κ3) is 1.88. The lowest BCUT2D eigenvalue weighted by atomic mass is 9.55. The number of methoxy groups -OCH3 is 1. The first-order chi connectivity index (χ1) is 10.5. The Hall–Kier alpha value is -1.06. The predicted molar refractivity (Wildman–Crippen MR) is 85.0 cm³/mol. The maximum absolute atomic E-state index is 10.4. The van der Waals surface area contributed by atoms with Crippen molar-refractivity contribution in [3.05, 3.63) is 29.3 Å². The molecule has 2 unspecified atom stereocenters. The standard InChI is InChI=1S/C19H26O3/c1-19-8-7-14-13-6-4-12(22-2)9-11(13)3-5-15(14)16(19)10-17(20)18(19)21/h4,6,9,14-18,20-21H,3,5,7-8,10H2,1-2H3/t14-,15-,16+,17?,18?,19+/m1/s1. The van der Waals surface area contributed by atoms with Crippen LogP contribution >= 0.6 is 0 Å². The lowest BCUT2D eigenvalue weighted by molar-refractivity contribution is -0.0505. The van der Waals surface area contributed by atoms with Gasteiger partial charge in [0.15, 0.2) is 0 Å². The molecule has 4 rings (SSSR count). The Morgan fingerprint density at radius 3 is 2.82 bits per heavy atom. The second-order valence-corrected chi connectivity index (χ2v) is 7.77. The topological polar surface area (TPSA) is 49.7 Å². The molecule has 0 saturated heterocycles. The van der Waals surface area contributed by atoms with E-state index in [4.69, 9.17) is 4.74 Å². The van der Waals surface area contributed by atoms with Crippen molar-refractivity contribution in [3.63, 3.8) is 0 Å². The normalized spacial score (nSPS) is 43.2. The summed E-state index contributed by atoms with van der Waals surface area (Å²) < 4.78 is 5.36. The van der Waals surface area contributed by atoms with Gasteiger partial charge in [0.2, 0.25) is 0 Å². The molecule has 0 aliphatic heterocycles. The van der Waals surface area contributed by atoms with Crippen LogP contribution in [0.5, 0.6) is 5.75 Å². The Morgan fingerprint density at radius 1 is 1.23 bits per heavy atom. The van der Waals surface area contributed by atoms with E-state index in [9.17, 15) is 10.2 Å². The first-order valence-corrected chi connectivity index (χ1v) is 8.57. The highest BCUT2D eigenvalue weighted by molar-refractivity contribution is 5.40. The Labute approximate surface area is 132 Å². The summed E-state index contributed by atoms with van der Waals surface area (Å²) in [6.45, 7) is 2.19. The van der Waals surface area contributed by atoms with Gasteiger partial charge in [-0.15, -0.1) is 0 Å². The van der Waals surface area contributed by atoms with Crippen molar-refractivity contribution in [2.75, 3.05) is 7.11 Å². The van der Waals surface area contributed by atoms with Crippen molar-refractivity contribution in [2.45, 2.75) is 57.2 Å². The molecule has 1 aromatic carbocycles. The second-order valence-electron chi connectivity index (χ2n) is 7.77. The highest BCUT2D eigenvalue weighted by atomic mass is 16.5. The van der Waals surface area contributed by atoms with Crippen LogP contribution in [0.15, 0.2) is 18.2 Å². The number of ether oxygens (including phenoxy) is 1. The van der Waals surface area contributed by atoms with Gasteiger partial charge in [-0.25, -0.2) is 0 Å². The Kier molecular flexibility index (Phi) is 3.28. The van der Waals surface area contributed by atoms with Crippen LogP contribution in [0.3, 0.4) is 0 Å². The number of benzene rings is 1. The van der Waals surface area contributed by atoms with Gasteiger partial charge in [-0.1, -0.05) is 13.0 Å². The number of hydrogen-bond donors (Lipinski definition) is 2. The summed E-state index contributed by atoms with van der Waals surface area (Å²) in [4.78, 5) is 0. The average Bonchev–Trinajstić information content (AvgIpc) is 2.77. The fourth-order valence-electron chi connectivity index (χ4n) is 5.67. The molecule has 120 valence electrons. The number of aryl methyl sites for hydroxylation is 1. The molecular weight excluding hydrogens is 276 g/mol. The summed E-state index contributed by atoms with van der Waals surface area (Å²) in [7, 11) is 1.72. The van der Waals surface area contributed by atoms with Crippen molar-refractivity contribution in [3.8, 4) is 5.75 Å². The Bertz CT molecular complexity index is 584. The number of aliphatic hydroxyl groups is 2. The van der Waals surface area contributed by atoms with Gasteiger partial charge in [0.1, 0.15) is 5.75 Å². The van der Waals surface area contributed by atoms with E-state index in [-0.39, 0.29) is 5.41 Å². The summed E-state index contributed by atoms with van der Waals surface area (Å²) in [6, 6.07) is 6.51. The van der Waals surface area contributed by atoms with E-state index in [1.165, 1.54) is 17.5 Å². The van der Waals surface area contributed by atoms with E-state index < -0.39 is 12.2 Å². The number of aliphatic hydroxyl groups excluding tert-OH is 2. The molecule has 3 aliphatic rings. The molecule has 0 bridgehead atoms. The number of hydrogen-bond acceptors (Lipinski definition) is 3. The molecule has 0 aromatic heterocycles. The molecule has 1 aromatic rings. The molecule has 2 saturated carbocycles. The lowest BCUT2D eigenvalue weighted by Gasteiger charge is -2.49. The maximum atomic E-state index is 10.4. The summed E-state index contributed by atoms with van der Waals surface area (Å²) in [5, 5.41) is 20.6. The quantitative estimate of drug-likeness (QED) is 0.838. The minimum Gasteiger partial charge on any atom is -0.497 e. The van der Waals surface area contributed by atoms with E-state index in [1.807, 2.05) is 0 Å². The van der Waals surface area contributed by atoms with E-state index in [0.717, 1.165) is 31.4 Å². The summed E-state index contributed by atoms with van der Waals surface area (Å²) in [5.41, 5.74) is 2.82. The zero-order valence-electron chi connectivity index (χ0n) is 13.5. The van der Waals surface area contributed by atoms with E-state index >= 15 is 0 Å². The van der Waals surface area contributed by atoms with Gasteiger partial charge in [-0.05, 0) is 78.5 Å². The molecule has 0 spiro atoms. The van der Waals surface area contributed by atoms with E-state index in [0.29, 0.717) is 17.8 Å². The van der Waals surface area contributed by atoms with Crippen LogP contribution in [-0.4, -0.2) is 29.5 Å². The van der Waals surface area contributed by atoms with Crippen molar-refractivity contribution in [2.24, 2.45) is 17.3 Å². The molecule has 2 N–H and O–H groups in total. The van der Waals surface area contributed by atoms with Gasteiger partial charge in [-0.2, -0.15) is 0 Å². The van der Waals surface area contributed by atoms with Crippen molar-refractivity contribution in [1.82, 2.24) is 0 Å². The first-order valence-electron chi connectivity index (χ1n) is 8.57. The fraction of sp³-hybridized carbons (Fsp3) is 0.684. The van der Waals surface area contributed by atoms with Gasteiger partial charge < -0.3 is 14.9 Å². The molecule has 0 amide bonds. The molecule has 6 atom stereocenters. The van der Waals surface area contributed by atoms with Gasteiger partial charge >= 0.3 is 0 Å². The molecule has 3 heteroatoms. The van der Waals surface area contributed by atoms with Crippen LogP contribution in [-0.2, 0) is 6.42 Å². The predicted octanol–water partition coefficient (Wildman–Crippen LogP) is 2.88. The van der Waals surface area contributed by atoms with E-state index in [1.54, 1.807) is 7.11 Å². The Balaban J connectivity index is 1.69. The molecule has 0 heterocycles. The zero-order valence-corrected chi connectivity index (χ0v) is 13.5. The van der Waals surface area contributed by atoms with E-state index in [2.05, 4.69) is 25.1 Å². The number of rotatable bonds is 1. The zero-order chi connectivity index (χ0) is 15.5. The molecule has 3 nitrogen and oxygen atoms in total. The van der Waals surface area contributed by atoms with Crippen LogP contribution in [0.2, 0.25) is 0 Å². The monoisotopic (exact) mass is 302 g/mol. The number of fused-ring (bicyclic) bond motifs is 5. The first kappa shape index (κ1) is 14.5. The van der Waals surface area contributed by atoms with Gasteiger partial charge in [0, 0.05) is 0 Å². The fourth-order valence-corrected chi connectivity index (χ4v) is 5.67. The van der Waals surface area contributed by atoms with Crippen molar-refractivity contribution < 1.29 is 14.9 Å². The maximum Gasteiger partial charge on any atom is 0.119 e. The van der Waals surface area contributed by atoms with Gasteiger partial charge in [0.05, 0.1) is 19.3 Å². The van der Waals surface area contributed by atoms with Crippen LogP contribution in [0.1, 0.15) is 49.7 Å². The van der Waals surface area contributed by atoms with Crippen LogP contribution < -0.4 is 4.74 Å². The second kappa shape index (κ2) is 4.97.